The number of benzene rings is 1. The minimum absolute atomic E-state index is 0.367. The molecule has 1 aromatic carbocycles. The van der Waals surface area contributed by atoms with Crippen molar-refractivity contribution in [3.05, 3.63) is 34.9 Å². The number of hydrogen-bond acceptors (Lipinski definition) is 6. The van der Waals surface area contributed by atoms with Gasteiger partial charge >= 0.3 is 5.97 Å². The molecule has 0 radical (unpaired) electrons. The Hall–Kier alpha value is -1.47. The van der Waals surface area contributed by atoms with E-state index < -0.39 is 36.2 Å². The molecule has 1 saturated heterocycles. The van der Waals surface area contributed by atoms with Gasteiger partial charge in [-0.15, -0.1) is 0 Å². The summed E-state index contributed by atoms with van der Waals surface area (Å²) >= 11 is 0. The molecule has 1 fully saturated rings. The first-order chi connectivity index (χ1) is 9.84. The molecule has 1 aliphatic carbocycles. The highest BCUT2D eigenvalue weighted by molar-refractivity contribution is 5.89. The van der Waals surface area contributed by atoms with Gasteiger partial charge in [0.05, 0.1) is 12.7 Å². The monoisotopic (exact) mass is 294 g/mol. The summed E-state index contributed by atoms with van der Waals surface area (Å²) < 4.78 is 16.2. The smallest absolute Gasteiger partial charge is 0.337 e. The lowest BCUT2D eigenvalue weighted by molar-refractivity contribution is -0.161. The summed E-state index contributed by atoms with van der Waals surface area (Å²) in [5.74, 6) is -1.33. The number of esters is 1. The lowest BCUT2D eigenvalue weighted by atomic mass is 9.82. The van der Waals surface area contributed by atoms with Crippen LogP contribution in [-0.4, -0.2) is 41.3 Å². The van der Waals surface area contributed by atoms with Crippen LogP contribution in [0.2, 0.25) is 0 Å². The first kappa shape index (κ1) is 14.5. The van der Waals surface area contributed by atoms with Crippen LogP contribution in [0.1, 0.15) is 47.5 Å². The number of methoxy groups -OCH3 is 1. The Kier molecular flexibility index (Phi) is 3.29. The minimum atomic E-state index is -1.08. The molecule has 0 bridgehead atoms. The van der Waals surface area contributed by atoms with Crippen LogP contribution >= 0.6 is 0 Å². The van der Waals surface area contributed by atoms with Crippen molar-refractivity contribution < 1.29 is 29.2 Å². The first-order valence-electron chi connectivity index (χ1n) is 6.78. The van der Waals surface area contributed by atoms with Gasteiger partial charge < -0.3 is 24.4 Å². The van der Waals surface area contributed by atoms with E-state index in [0.717, 1.165) is 0 Å². The highest BCUT2D eigenvalue weighted by Crippen LogP contribution is 2.47. The van der Waals surface area contributed by atoms with E-state index in [0.29, 0.717) is 16.7 Å². The zero-order valence-corrected chi connectivity index (χ0v) is 12.1. The third kappa shape index (κ3) is 2.24. The van der Waals surface area contributed by atoms with Gasteiger partial charge in [-0.1, -0.05) is 6.07 Å². The van der Waals surface area contributed by atoms with Gasteiger partial charge in [0.2, 0.25) is 0 Å². The highest BCUT2D eigenvalue weighted by Gasteiger charge is 2.51. The number of ether oxygens (including phenoxy) is 3. The van der Waals surface area contributed by atoms with Gasteiger partial charge in [-0.25, -0.2) is 4.79 Å². The van der Waals surface area contributed by atoms with E-state index >= 15 is 0 Å². The highest BCUT2D eigenvalue weighted by atomic mass is 16.8. The topological polar surface area (TPSA) is 85.2 Å². The molecule has 6 nitrogen and oxygen atoms in total. The molecule has 0 saturated carbocycles. The van der Waals surface area contributed by atoms with E-state index in [9.17, 15) is 15.0 Å². The molecule has 1 heterocycles. The third-order valence-electron chi connectivity index (χ3n) is 3.92. The Morgan fingerprint density at radius 3 is 2.62 bits per heavy atom. The molecule has 1 aromatic rings. The van der Waals surface area contributed by atoms with Crippen molar-refractivity contribution >= 4 is 5.97 Å². The molecule has 0 unspecified atom stereocenters. The van der Waals surface area contributed by atoms with Gasteiger partial charge in [0.15, 0.2) is 5.79 Å². The quantitative estimate of drug-likeness (QED) is 0.754. The molecule has 3 rings (SSSR count). The summed E-state index contributed by atoms with van der Waals surface area (Å²) in [6, 6.07) is 4.79. The van der Waals surface area contributed by atoms with Gasteiger partial charge in [0.25, 0.3) is 0 Å². The van der Waals surface area contributed by atoms with Gasteiger partial charge in [0.1, 0.15) is 24.4 Å². The Balaban J connectivity index is 2.08. The second-order valence-electron chi connectivity index (χ2n) is 5.79. The lowest BCUT2D eigenvalue weighted by Gasteiger charge is -2.34. The van der Waals surface area contributed by atoms with E-state index in [1.54, 1.807) is 32.0 Å². The summed E-state index contributed by atoms with van der Waals surface area (Å²) in [6.45, 7) is 3.49. The summed E-state index contributed by atoms with van der Waals surface area (Å²) in [5, 5.41) is 20.4. The second kappa shape index (κ2) is 4.78. The molecular weight excluding hydrogens is 276 g/mol. The predicted molar refractivity (Wildman–Crippen MR) is 71.5 cm³/mol. The molecule has 2 N–H and O–H groups in total. The van der Waals surface area contributed by atoms with Crippen LogP contribution in [0.4, 0.5) is 0 Å². The maximum atomic E-state index is 11.7. The first-order valence-corrected chi connectivity index (χ1v) is 6.78. The van der Waals surface area contributed by atoms with Gasteiger partial charge in [0, 0.05) is 0 Å². The number of hydrogen-bond donors (Lipinski definition) is 2. The van der Waals surface area contributed by atoms with E-state index in [-0.39, 0.29) is 0 Å². The summed E-state index contributed by atoms with van der Waals surface area (Å²) in [6.07, 6.45) is -3.35. The largest absolute Gasteiger partial charge is 0.465 e. The van der Waals surface area contributed by atoms with Crippen LogP contribution in [0.5, 0.6) is 0 Å². The fourth-order valence-electron chi connectivity index (χ4n) is 2.98. The standard InChI is InChI=1S/C15H18O6/c1-15(2)20-12-9-6-7(14(18)19-3)4-5-8(9)10(16)11(17)13(12)21-15/h4-6,10-13,16-17H,1-3H3/t10-,11-,12-,13+/m1/s1. The number of aliphatic hydroxyl groups excluding tert-OH is 2. The average molecular weight is 294 g/mol. The second-order valence-corrected chi connectivity index (χ2v) is 5.79. The molecule has 21 heavy (non-hydrogen) atoms. The molecule has 1 aliphatic heterocycles. The van der Waals surface area contributed by atoms with Crippen molar-refractivity contribution in [3.63, 3.8) is 0 Å². The molecule has 4 atom stereocenters. The van der Waals surface area contributed by atoms with E-state index in [1.807, 2.05) is 0 Å². The zero-order valence-electron chi connectivity index (χ0n) is 12.1. The van der Waals surface area contributed by atoms with Crippen LogP contribution in [0, 0.1) is 0 Å². The molecule has 0 spiro atoms. The Morgan fingerprint density at radius 2 is 1.95 bits per heavy atom. The fraction of sp³-hybridized carbons (Fsp3) is 0.533. The Morgan fingerprint density at radius 1 is 1.24 bits per heavy atom. The molecule has 114 valence electrons. The van der Waals surface area contributed by atoms with Crippen LogP contribution in [0.25, 0.3) is 0 Å². The van der Waals surface area contributed by atoms with Crippen molar-refractivity contribution in [3.8, 4) is 0 Å². The number of carbonyl (C=O) groups is 1. The maximum absolute atomic E-state index is 11.7. The van der Waals surface area contributed by atoms with Crippen LogP contribution in [0.15, 0.2) is 18.2 Å². The molecule has 2 aliphatic rings. The molecule has 0 amide bonds. The van der Waals surface area contributed by atoms with Crippen LogP contribution in [-0.2, 0) is 14.2 Å². The number of carbonyl (C=O) groups excluding carboxylic acids is 1. The normalized spacial score (nSPS) is 33.2. The predicted octanol–water partition coefficient (Wildman–Crippen LogP) is 1.07. The molecule has 6 heteroatoms. The molecular formula is C15H18O6. The summed E-state index contributed by atoms with van der Waals surface area (Å²) in [4.78, 5) is 11.7. The van der Waals surface area contributed by atoms with Crippen molar-refractivity contribution in [1.82, 2.24) is 0 Å². The Bertz CT molecular complexity index is 582. The third-order valence-corrected chi connectivity index (χ3v) is 3.92. The van der Waals surface area contributed by atoms with Gasteiger partial charge in [-0.05, 0) is 37.1 Å². The maximum Gasteiger partial charge on any atom is 0.337 e. The Labute approximate surface area is 122 Å². The average Bonchev–Trinajstić information content (AvgIpc) is 2.79. The zero-order chi connectivity index (χ0) is 15.4. The molecule has 0 aromatic heterocycles. The number of aliphatic hydroxyl groups is 2. The van der Waals surface area contributed by atoms with Gasteiger partial charge in [-0.3, -0.25) is 0 Å². The van der Waals surface area contributed by atoms with Crippen molar-refractivity contribution in [2.75, 3.05) is 7.11 Å². The number of fused-ring (bicyclic) bond motifs is 3. The lowest BCUT2D eigenvalue weighted by Crippen LogP contribution is -2.40. The van der Waals surface area contributed by atoms with Crippen LogP contribution in [0.3, 0.4) is 0 Å². The summed E-state index contributed by atoms with van der Waals surface area (Å²) in [7, 11) is 1.31. The minimum Gasteiger partial charge on any atom is -0.465 e. The van der Waals surface area contributed by atoms with E-state index in [4.69, 9.17) is 14.2 Å². The van der Waals surface area contributed by atoms with E-state index in [2.05, 4.69) is 0 Å². The van der Waals surface area contributed by atoms with E-state index in [1.165, 1.54) is 7.11 Å². The van der Waals surface area contributed by atoms with Crippen molar-refractivity contribution in [1.29, 1.82) is 0 Å². The van der Waals surface area contributed by atoms with Crippen molar-refractivity contribution in [2.24, 2.45) is 0 Å². The van der Waals surface area contributed by atoms with Crippen molar-refractivity contribution in [2.45, 2.75) is 44.1 Å². The van der Waals surface area contributed by atoms with Gasteiger partial charge in [-0.2, -0.15) is 0 Å². The number of rotatable bonds is 1. The van der Waals surface area contributed by atoms with Crippen LogP contribution < -0.4 is 0 Å². The fourth-order valence-corrected chi connectivity index (χ4v) is 2.98. The SMILES string of the molecule is COC(=O)c1ccc2c(c1)[C@H]1OC(C)(C)O[C@H]1[C@H](O)[C@@H]2O. The summed E-state index contributed by atoms with van der Waals surface area (Å²) in [5.41, 5.74) is 1.55.